The molecule has 2 aromatic rings. The van der Waals surface area contributed by atoms with Gasteiger partial charge in [-0.3, -0.25) is 19.2 Å². The number of hydrogen-bond acceptors (Lipinski definition) is 12. The number of rotatable bonds is 7. The normalized spacial score (nSPS) is 23.2. The highest BCUT2D eigenvalue weighted by molar-refractivity contribution is 7.08. The van der Waals surface area contributed by atoms with Crippen LogP contribution in [0.2, 0.25) is 15.1 Å². The van der Waals surface area contributed by atoms with Gasteiger partial charge < -0.3 is 23.7 Å². The van der Waals surface area contributed by atoms with Gasteiger partial charge in [0.25, 0.3) is 0 Å². The van der Waals surface area contributed by atoms with Crippen LogP contribution in [-0.4, -0.2) is 70.9 Å². The number of aryl methyl sites for hydroxylation is 1. The largest absolute Gasteiger partial charge is 0.463 e. The molecule has 0 radical (unpaired) electrons. The molecule has 0 spiro atoms. The van der Waals surface area contributed by atoms with E-state index in [-0.39, 0.29) is 27.1 Å². The Morgan fingerprint density at radius 1 is 0.923 bits per heavy atom. The van der Waals surface area contributed by atoms with Crippen molar-refractivity contribution < 1.29 is 42.9 Å². The second-order valence-corrected chi connectivity index (χ2v) is 10.7. The van der Waals surface area contributed by atoms with Crippen molar-refractivity contribution in [2.75, 3.05) is 6.61 Å². The lowest BCUT2D eigenvalue weighted by Crippen LogP contribution is -2.62. The predicted octanol–water partition coefficient (Wildman–Crippen LogP) is 3.19. The summed E-state index contributed by atoms with van der Waals surface area (Å²) in [6, 6.07) is 2.95. The summed E-state index contributed by atoms with van der Waals surface area (Å²) in [7, 11) is 0. The summed E-state index contributed by atoms with van der Waals surface area (Å²) >= 11 is 20.0. The third-order valence-corrected chi connectivity index (χ3v) is 6.69. The second-order valence-electron chi connectivity index (χ2n) is 8.25. The molecule has 0 amide bonds. The fourth-order valence-corrected chi connectivity index (χ4v) is 5.50. The van der Waals surface area contributed by atoms with Crippen molar-refractivity contribution in [1.29, 1.82) is 0 Å². The van der Waals surface area contributed by atoms with Gasteiger partial charge in [0.2, 0.25) is 4.80 Å². The number of nitrogens with zero attached hydrogens (tertiary/aromatic N) is 3. The molecule has 1 aliphatic rings. The lowest BCUT2D eigenvalue weighted by molar-refractivity contribution is -0.251. The van der Waals surface area contributed by atoms with E-state index in [9.17, 15) is 19.2 Å². The van der Waals surface area contributed by atoms with Crippen LogP contribution in [0.4, 0.5) is 0 Å². The molecule has 1 aliphatic heterocycles. The number of hydrogen-bond donors (Lipinski definition) is 0. The van der Waals surface area contributed by atoms with Crippen molar-refractivity contribution in [3.63, 3.8) is 0 Å². The molecule has 0 bridgehead atoms. The average Bonchev–Trinajstić information content (AvgIpc) is 3.14. The van der Waals surface area contributed by atoms with Crippen LogP contribution in [0.25, 0.3) is 5.69 Å². The molecule has 0 unspecified atom stereocenters. The van der Waals surface area contributed by atoms with Crippen molar-refractivity contribution in [3.8, 4) is 5.69 Å². The maximum atomic E-state index is 12.1. The minimum Gasteiger partial charge on any atom is -0.463 e. The van der Waals surface area contributed by atoms with E-state index < -0.39 is 54.5 Å². The first-order valence-corrected chi connectivity index (χ1v) is 13.3. The Labute approximate surface area is 241 Å². The molecule has 5 atom stereocenters. The summed E-state index contributed by atoms with van der Waals surface area (Å²) in [6.45, 7) is 5.90. The minimum absolute atomic E-state index is 0.181. The van der Waals surface area contributed by atoms with Crippen molar-refractivity contribution >= 4 is 70.0 Å². The highest BCUT2D eigenvalue weighted by Crippen LogP contribution is 2.32. The molecule has 0 N–H and O–H groups in total. The first kappa shape index (κ1) is 30.8. The Bertz CT molecular complexity index is 1320. The van der Waals surface area contributed by atoms with Crippen LogP contribution in [-0.2, 0) is 42.9 Å². The Kier molecular flexibility index (Phi) is 10.4. The van der Waals surface area contributed by atoms with Gasteiger partial charge in [0, 0.05) is 32.7 Å². The number of carbonyl (C=O) groups is 4. The zero-order valence-corrected chi connectivity index (χ0v) is 24.4. The van der Waals surface area contributed by atoms with Crippen LogP contribution in [0.15, 0.2) is 17.1 Å². The molecule has 1 fully saturated rings. The van der Waals surface area contributed by atoms with Crippen LogP contribution >= 0.6 is 46.1 Å². The van der Waals surface area contributed by atoms with Crippen molar-refractivity contribution in [2.24, 2.45) is 4.99 Å². The molecule has 1 saturated heterocycles. The molecular formula is C23H24Cl3N3O9S. The molecular weight excluding hydrogens is 601 g/mol. The van der Waals surface area contributed by atoms with E-state index in [0.717, 1.165) is 32.1 Å². The van der Waals surface area contributed by atoms with Crippen LogP contribution < -0.4 is 4.80 Å². The Balaban J connectivity index is 2.20. The summed E-state index contributed by atoms with van der Waals surface area (Å²) in [5.41, 5.74) is 0.275. The van der Waals surface area contributed by atoms with Gasteiger partial charge in [-0.05, 0) is 19.1 Å². The van der Waals surface area contributed by atoms with E-state index in [2.05, 4.69) is 10.1 Å². The standard InChI is InChI=1S/C23H24Cl3N3O9S/c1-9-28-29(18-15(25)6-14(24)7-16(18)26)23(39-9)27-22-21(37-13(5)33)20(36-12(4)32)19(35-11(3)31)17(38-22)8-34-10(2)30/h6-7,17,19-22H,8H2,1-5H3/b27-23-/t17-,19-,20+,21-,22-/m1/s1. The number of benzene rings is 1. The van der Waals surface area contributed by atoms with E-state index in [1.807, 2.05) is 0 Å². The van der Waals surface area contributed by atoms with Crippen molar-refractivity contribution in [1.82, 2.24) is 9.78 Å². The number of esters is 4. The van der Waals surface area contributed by atoms with Crippen molar-refractivity contribution in [2.45, 2.75) is 65.3 Å². The molecule has 39 heavy (non-hydrogen) atoms. The molecule has 1 aromatic carbocycles. The summed E-state index contributed by atoms with van der Waals surface area (Å²) in [4.78, 5) is 52.4. The SMILES string of the molecule is CC(=O)OC[C@H]1O[C@@H](/N=c2\sc(C)nn2-c2c(Cl)cc(Cl)cc2Cl)[C@H](OC(C)=O)[C@@H](OC(C)=O)[C@@H]1OC(C)=O. The highest BCUT2D eigenvalue weighted by atomic mass is 35.5. The van der Waals surface area contributed by atoms with Crippen LogP contribution in [0.5, 0.6) is 0 Å². The quantitative estimate of drug-likeness (QED) is 0.333. The lowest BCUT2D eigenvalue weighted by Gasteiger charge is -2.42. The molecule has 2 heterocycles. The summed E-state index contributed by atoms with van der Waals surface area (Å²) < 4.78 is 28.8. The summed E-state index contributed by atoms with van der Waals surface area (Å²) in [6.07, 6.45) is -6.56. The van der Waals surface area contributed by atoms with E-state index >= 15 is 0 Å². The third-order valence-electron chi connectivity index (χ3n) is 5.06. The molecule has 212 valence electrons. The molecule has 16 heteroatoms. The second kappa shape index (κ2) is 13.1. The van der Waals surface area contributed by atoms with E-state index in [4.69, 9.17) is 58.5 Å². The van der Waals surface area contributed by atoms with Gasteiger partial charge in [-0.15, -0.1) is 0 Å². The maximum Gasteiger partial charge on any atom is 0.303 e. The van der Waals surface area contributed by atoms with E-state index in [1.165, 1.54) is 23.7 Å². The highest BCUT2D eigenvalue weighted by Gasteiger charge is 2.52. The molecule has 0 aliphatic carbocycles. The van der Waals surface area contributed by atoms with Gasteiger partial charge in [0.1, 0.15) is 23.4 Å². The zero-order valence-electron chi connectivity index (χ0n) is 21.3. The van der Waals surface area contributed by atoms with Crippen molar-refractivity contribution in [3.05, 3.63) is 37.0 Å². The first-order chi connectivity index (χ1) is 18.3. The average molecular weight is 625 g/mol. The number of ether oxygens (including phenoxy) is 5. The van der Waals surface area contributed by atoms with Gasteiger partial charge >= 0.3 is 23.9 Å². The third kappa shape index (κ3) is 7.92. The Morgan fingerprint density at radius 3 is 2.00 bits per heavy atom. The fraction of sp³-hybridized carbons (Fsp3) is 0.478. The number of halogens is 3. The monoisotopic (exact) mass is 623 g/mol. The lowest BCUT2D eigenvalue weighted by atomic mass is 9.97. The van der Waals surface area contributed by atoms with Gasteiger partial charge in [-0.25, -0.2) is 9.67 Å². The van der Waals surface area contributed by atoms with E-state index in [0.29, 0.717) is 10.0 Å². The molecule has 1 aromatic heterocycles. The first-order valence-electron chi connectivity index (χ1n) is 11.3. The molecule has 3 rings (SSSR count). The molecule has 0 saturated carbocycles. The van der Waals surface area contributed by atoms with Gasteiger partial charge in [-0.1, -0.05) is 46.1 Å². The van der Waals surface area contributed by atoms with Crippen LogP contribution in [0.1, 0.15) is 32.7 Å². The smallest absolute Gasteiger partial charge is 0.303 e. The fourth-order valence-electron chi connectivity index (χ4n) is 3.76. The summed E-state index contributed by atoms with van der Waals surface area (Å²) in [5.74, 6) is -2.89. The van der Waals surface area contributed by atoms with Gasteiger partial charge in [0.05, 0.1) is 10.0 Å². The topological polar surface area (TPSA) is 145 Å². The molecule has 12 nitrogen and oxygen atoms in total. The van der Waals surface area contributed by atoms with Gasteiger partial charge in [0.15, 0.2) is 24.5 Å². The van der Waals surface area contributed by atoms with E-state index in [1.54, 1.807) is 6.92 Å². The Morgan fingerprint density at radius 2 is 1.46 bits per heavy atom. The van der Waals surface area contributed by atoms with Crippen LogP contribution in [0, 0.1) is 6.92 Å². The minimum atomic E-state index is -1.38. The predicted molar refractivity (Wildman–Crippen MR) is 139 cm³/mol. The summed E-state index contributed by atoms with van der Waals surface area (Å²) in [5, 5.41) is 5.65. The maximum absolute atomic E-state index is 12.1. The number of aromatic nitrogens is 2. The Hall–Kier alpha value is -2.71. The zero-order chi connectivity index (χ0) is 29.0. The number of carbonyl (C=O) groups excluding carboxylic acids is 4. The van der Waals surface area contributed by atoms with Gasteiger partial charge in [-0.2, -0.15) is 5.10 Å². The van der Waals surface area contributed by atoms with Crippen LogP contribution in [0.3, 0.4) is 0 Å².